The van der Waals surface area contributed by atoms with Gasteiger partial charge < -0.3 is 9.84 Å². The van der Waals surface area contributed by atoms with Gasteiger partial charge >= 0.3 is 0 Å². The second-order valence-electron chi connectivity index (χ2n) is 2.31. The molecule has 1 atom stereocenters. The van der Waals surface area contributed by atoms with Gasteiger partial charge in [-0.15, -0.1) is 0 Å². The van der Waals surface area contributed by atoms with Crippen LogP contribution in [0.4, 0.5) is 0 Å². The molecule has 0 aromatic carbocycles. The summed E-state index contributed by atoms with van der Waals surface area (Å²) in [5, 5.41) is 9.08. The molecule has 1 N–H and O–H groups in total. The number of ether oxygens (including phenoxy) is 1. The van der Waals surface area contributed by atoms with E-state index < -0.39 is 0 Å². The summed E-state index contributed by atoms with van der Waals surface area (Å²) in [6, 6.07) is 0. The Kier molecular flexibility index (Phi) is 4.14. The molecule has 0 aliphatic carbocycles. The zero-order chi connectivity index (χ0) is 7.28. The quantitative estimate of drug-likeness (QED) is 0.579. The lowest BCUT2D eigenvalue weighted by atomic mass is 10.1. The van der Waals surface area contributed by atoms with Crippen molar-refractivity contribution in [3.05, 3.63) is 12.8 Å². The normalized spacial score (nSPS) is 13.3. The van der Waals surface area contributed by atoms with E-state index in [9.17, 15) is 0 Å². The van der Waals surface area contributed by atoms with Gasteiger partial charge in [0, 0.05) is 0 Å². The third kappa shape index (κ3) is 4.03. The molecular formula is C7H14O2. The average molecular weight is 130 g/mol. The molecule has 9 heavy (non-hydrogen) atoms. The SMILES string of the molecule is C=COCC(O)C(C)C. The first-order chi connectivity index (χ1) is 4.18. The predicted molar refractivity (Wildman–Crippen MR) is 37.0 cm³/mol. The van der Waals surface area contributed by atoms with Gasteiger partial charge in [0.25, 0.3) is 0 Å². The van der Waals surface area contributed by atoms with Crippen molar-refractivity contribution in [3.8, 4) is 0 Å². The van der Waals surface area contributed by atoms with E-state index in [0.717, 1.165) is 0 Å². The van der Waals surface area contributed by atoms with Gasteiger partial charge in [0.1, 0.15) is 6.61 Å². The van der Waals surface area contributed by atoms with E-state index in [1.54, 1.807) is 0 Å². The van der Waals surface area contributed by atoms with Gasteiger partial charge in [-0.3, -0.25) is 0 Å². The minimum atomic E-state index is -0.372. The van der Waals surface area contributed by atoms with Crippen LogP contribution in [0.15, 0.2) is 12.8 Å². The third-order valence-electron chi connectivity index (χ3n) is 1.15. The summed E-state index contributed by atoms with van der Waals surface area (Å²) < 4.78 is 4.77. The first-order valence-corrected chi connectivity index (χ1v) is 3.09. The fourth-order valence-corrected chi connectivity index (χ4v) is 0.359. The van der Waals surface area contributed by atoms with Crippen molar-refractivity contribution in [2.24, 2.45) is 5.92 Å². The van der Waals surface area contributed by atoms with Crippen molar-refractivity contribution in [1.82, 2.24) is 0 Å². The second kappa shape index (κ2) is 4.39. The molecule has 0 rings (SSSR count). The molecule has 0 aliphatic rings. The van der Waals surface area contributed by atoms with E-state index in [0.29, 0.717) is 6.61 Å². The number of aliphatic hydroxyl groups excluding tert-OH is 1. The van der Waals surface area contributed by atoms with Gasteiger partial charge in [-0.05, 0) is 5.92 Å². The maximum absolute atomic E-state index is 9.08. The van der Waals surface area contributed by atoms with Crippen LogP contribution in [0, 0.1) is 5.92 Å². The van der Waals surface area contributed by atoms with Crippen LogP contribution < -0.4 is 0 Å². The molecule has 0 saturated heterocycles. The molecule has 0 aromatic rings. The maximum atomic E-state index is 9.08. The number of aliphatic hydroxyl groups is 1. The zero-order valence-corrected chi connectivity index (χ0v) is 6.00. The van der Waals surface area contributed by atoms with Gasteiger partial charge in [-0.25, -0.2) is 0 Å². The molecule has 0 amide bonds. The summed E-state index contributed by atoms with van der Waals surface area (Å²) >= 11 is 0. The molecule has 0 saturated carbocycles. The minimum Gasteiger partial charge on any atom is -0.499 e. The summed E-state index contributed by atoms with van der Waals surface area (Å²) in [5.74, 6) is 0.255. The standard InChI is InChI=1S/C7H14O2/c1-4-9-5-7(8)6(2)3/h4,6-8H,1,5H2,2-3H3. The molecule has 0 fully saturated rings. The van der Waals surface area contributed by atoms with Crippen molar-refractivity contribution in [2.45, 2.75) is 20.0 Å². The summed E-state index contributed by atoms with van der Waals surface area (Å²) in [5.41, 5.74) is 0. The van der Waals surface area contributed by atoms with Crippen LogP contribution in [0.3, 0.4) is 0 Å². The predicted octanol–water partition coefficient (Wildman–Crippen LogP) is 1.16. The lowest BCUT2D eigenvalue weighted by molar-refractivity contribution is 0.0516. The molecule has 54 valence electrons. The Morgan fingerprint density at radius 1 is 1.67 bits per heavy atom. The number of rotatable bonds is 4. The van der Waals surface area contributed by atoms with Crippen LogP contribution in [-0.4, -0.2) is 17.8 Å². The molecule has 0 radical (unpaired) electrons. The van der Waals surface area contributed by atoms with Gasteiger partial charge in [0.15, 0.2) is 0 Å². The summed E-state index contributed by atoms with van der Waals surface area (Å²) in [6.45, 7) is 7.59. The van der Waals surface area contributed by atoms with E-state index in [1.165, 1.54) is 6.26 Å². The highest BCUT2D eigenvalue weighted by atomic mass is 16.5. The molecule has 2 nitrogen and oxygen atoms in total. The van der Waals surface area contributed by atoms with Crippen molar-refractivity contribution >= 4 is 0 Å². The van der Waals surface area contributed by atoms with Crippen molar-refractivity contribution in [2.75, 3.05) is 6.61 Å². The monoisotopic (exact) mass is 130 g/mol. The molecule has 0 heterocycles. The molecule has 2 heteroatoms. The van der Waals surface area contributed by atoms with Crippen molar-refractivity contribution < 1.29 is 9.84 Å². The third-order valence-corrected chi connectivity index (χ3v) is 1.15. The van der Waals surface area contributed by atoms with Crippen LogP contribution in [-0.2, 0) is 4.74 Å². The summed E-state index contributed by atoms with van der Waals surface area (Å²) in [7, 11) is 0. The van der Waals surface area contributed by atoms with Gasteiger partial charge in [-0.2, -0.15) is 0 Å². The highest BCUT2D eigenvalue weighted by Gasteiger charge is 2.07. The Labute approximate surface area is 56.1 Å². The lowest BCUT2D eigenvalue weighted by Crippen LogP contribution is -2.19. The first-order valence-electron chi connectivity index (χ1n) is 3.09. The second-order valence-corrected chi connectivity index (χ2v) is 2.31. The Morgan fingerprint density at radius 3 is 2.56 bits per heavy atom. The fourth-order valence-electron chi connectivity index (χ4n) is 0.359. The van der Waals surface area contributed by atoms with E-state index in [4.69, 9.17) is 9.84 Å². The van der Waals surface area contributed by atoms with Crippen LogP contribution >= 0.6 is 0 Å². The van der Waals surface area contributed by atoms with E-state index in [-0.39, 0.29) is 12.0 Å². The molecule has 0 spiro atoms. The highest BCUT2D eigenvalue weighted by molar-refractivity contribution is 4.60. The molecule has 1 unspecified atom stereocenters. The Morgan fingerprint density at radius 2 is 2.22 bits per heavy atom. The van der Waals surface area contributed by atoms with Gasteiger partial charge in [0.05, 0.1) is 12.4 Å². The van der Waals surface area contributed by atoms with Crippen LogP contribution in [0.1, 0.15) is 13.8 Å². The first kappa shape index (κ1) is 8.50. The zero-order valence-electron chi connectivity index (χ0n) is 6.00. The number of hydrogen-bond donors (Lipinski definition) is 1. The van der Waals surface area contributed by atoms with Crippen LogP contribution in [0.2, 0.25) is 0 Å². The molecule has 0 aromatic heterocycles. The maximum Gasteiger partial charge on any atom is 0.113 e. The van der Waals surface area contributed by atoms with Crippen molar-refractivity contribution in [1.29, 1.82) is 0 Å². The molecule has 0 bridgehead atoms. The van der Waals surface area contributed by atoms with Crippen molar-refractivity contribution in [3.63, 3.8) is 0 Å². The van der Waals surface area contributed by atoms with Gasteiger partial charge in [-0.1, -0.05) is 20.4 Å². The van der Waals surface area contributed by atoms with Crippen LogP contribution in [0.25, 0.3) is 0 Å². The molecular weight excluding hydrogens is 116 g/mol. The van der Waals surface area contributed by atoms with E-state index >= 15 is 0 Å². The Balaban J connectivity index is 3.26. The highest BCUT2D eigenvalue weighted by Crippen LogP contribution is 2.00. The number of hydrogen-bond acceptors (Lipinski definition) is 2. The van der Waals surface area contributed by atoms with E-state index in [1.807, 2.05) is 13.8 Å². The minimum absolute atomic E-state index is 0.255. The van der Waals surface area contributed by atoms with Gasteiger partial charge in [0.2, 0.25) is 0 Å². The summed E-state index contributed by atoms with van der Waals surface area (Å²) in [6.07, 6.45) is 0.967. The average Bonchev–Trinajstić information content (AvgIpc) is 1.82. The smallest absolute Gasteiger partial charge is 0.113 e. The van der Waals surface area contributed by atoms with Crippen LogP contribution in [0.5, 0.6) is 0 Å². The summed E-state index contributed by atoms with van der Waals surface area (Å²) in [4.78, 5) is 0. The Hall–Kier alpha value is -0.500. The topological polar surface area (TPSA) is 29.5 Å². The Bertz CT molecular complexity index is 79.0. The largest absolute Gasteiger partial charge is 0.499 e. The van der Waals surface area contributed by atoms with E-state index in [2.05, 4.69) is 6.58 Å². The molecule has 0 aliphatic heterocycles. The lowest BCUT2D eigenvalue weighted by Gasteiger charge is -2.12. The fraction of sp³-hybridized carbons (Fsp3) is 0.714.